The molecule has 2 heterocycles. The van der Waals surface area contributed by atoms with Crippen molar-refractivity contribution in [1.82, 2.24) is 4.90 Å². The van der Waals surface area contributed by atoms with Crippen molar-refractivity contribution in [3.05, 3.63) is 35.9 Å². The van der Waals surface area contributed by atoms with Gasteiger partial charge < -0.3 is 4.52 Å². The highest BCUT2D eigenvalue weighted by atomic mass is 31.2. The van der Waals surface area contributed by atoms with E-state index >= 15 is 0 Å². The molecule has 1 aromatic rings. The van der Waals surface area contributed by atoms with Crippen LogP contribution in [0.25, 0.3) is 0 Å². The largest absolute Gasteiger partial charge is 0.329 e. The molecule has 19 heavy (non-hydrogen) atoms. The molecule has 0 bridgehead atoms. The smallest absolute Gasteiger partial charge is 0.203 e. The van der Waals surface area contributed by atoms with Gasteiger partial charge in [-0.1, -0.05) is 30.3 Å². The Bertz CT molecular complexity index is 458. The summed E-state index contributed by atoms with van der Waals surface area (Å²) in [6, 6.07) is 10.6. The number of likely N-dealkylation sites (tertiary alicyclic amines) is 1. The summed E-state index contributed by atoms with van der Waals surface area (Å²) in [5.41, 5.74) is 1.37. The van der Waals surface area contributed by atoms with E-state index in [9.17, 15) is 4.57 Å². The molecule has 4 heteroatoms. The van der Waals surface area contributed by atoms with E-state index in [1.54, 1.807) is 0 Å². The topological polar surface area (TPSA) is 29.5 Å². The Hall–Kier alpha value is -0.630. The molecule has 3 atom stereocenters. The van der Waals surface area contributed by atoms with Crippen molar-refractivity contribution in [1.29, 1.82) is 0 Å². The minimum absolute atomic E-state index is 0.584. The zero-order valence-corrected chi connectivity index (χ0v) is 12.4. The molecule has 0 aliphatic carbocycles. The van der Waals surface area contributed by atoms with E-state index in [-0.39, 0.29) is 0 Å². The summed E-state index contributed by atoms with van der Waals surface area (Å²) in [5.74, 6) is 1.17. The number of rotatable bonds is 4. The van der Waals surface area contributed by atoms with Crippen molar-refractivity contribution < 1.29 is 9.09 Å². The predicted molar refractivity (Wildman–Crippen MR) is 77.7 cm³/mol. The van der Waals surface area contributed by atoms with Crippen molar-refractivity contribution in [2.24, 2.45) is 11.8 Å². The molecular weight excluding hydrogens is 257 g/mol. The van der Waals surface area contributed by atoms with Gasteiger partial charge in [-0.25, -0.2) is 0 Å². The predicted octanol–water partition coefficient (Wildman–Crippen LogP) is 3.06. The van der Waals surface area contributed by atoms with Gasteiger partial charge in [0.15, 0.2) is 0 Å². The molecule has 2 saturated heterocycles. The van der Waals surface area contributed by atoms with Crippen molar-refractivity contribution in [2.75, 3.05) is 32.0 Å². The van der Waals surface area contributed by atoms with Gasteiger partial charge in [-0.2, -0.15) is 0 Å². The number of hydrogen-bond acceptors (Lipinski definition) is 3. The van der Waals surface area contributed by atoms with Crippen LogP contribution in [0.1, 0.15) is 12.5 Å². The number of nitrogens with zero attached hydrogens (tertiary/aromatic N) is 1. The van der Waals surface area contributed by atoms with Crippen LogP contribution in [-0.2, 0) is 15.6 Å². The van der Waals surface area contributed by atoms with Crippen molar-refractivity contribution in [3.8, 4) is 0 Å². The van der Waals surface area contributed by atoms with Crippen LogP contribution in [0.5, 0.6) is 0 Å². The van der Waals surface area contributed by atoms with Crippen LogP contribution in [0.2, 0.25) is 0 Å². The summed E-state index contributed by atoms with van der Waals surface area (Å²) >= 11 is 0. The van der Waals surface area contributed by atoms with E-state index in [2.05, 4.69) is 35.2 Å². The Kier molecular flexibility index (Phi) is 3.79. The van der Waals surface area contributed by atoms with Gasteiger partial charge in [0.25, 0.3) is 0 Å². The van der Waals surface area contributed by atoms with Crippen LogP contribution in [0.4, 0.5) is 0 Å². The molecule has 2 fully saturated rings. The average molecular weight is 279 g/mol. The first kappa shape index (κ1) is 13.4. The van der Waals surface area contributed by atoms with Crippen molar-refractivity contribution in [2.45, 2.75) is 13.5 Å². The van der Waals surface area contributed by atoms with E-state index in [0.29, 0.717) is 18.4 Å². The van der Waals surface area contributed by atoms with Gasteiger partial charge in [0, 0.05) is 32.0 Å². The van der Waals surface area contributed by atoms with Crippen LogP contribution < -0.4 is 0 Å². The van der Waals surface area contributed by atoms with E-state index in [1.165, 1.54) is 5.56 Å². The highest BCUT2D eigenvalue weighted by molar-refractivity contribution is 7.59. The first-order valence-electron chi connectivity index (χ1n) is 7.17. The fraction of sp³-hybridized carbons (Fsp3) is 0.600. The molecule has 0 amide bonds. The third-order valence-corrected chi connectivity index (χ3v) is 7.07. The number of fused-ring (bicyclic) bond motifs is 1. The summed E-state index contributed by atoms with van der Waals surface area (Å²) in [6.07, 6.45) is 1.60. The highest BCUT2D eigenvalue weighted by Gasteiger charge is 2.46. The monoisotopic (exact) mass is 279 g/mol. The summed E-state index contributed by atoms with van der Waals surface area (Å²) in [7, 11) is -2.28. The molecule has 3 rings (SSSR count). The molecule has 1 aromatic carbocycles. The maximum Gasteiger partial charge on any atom is 0.203 e. The Labute approximate surface area is 115 Å². The lowest BCUT2D eigenvalue weighted by molar-refractivity contribution is 0.304. The van der Waals surface area contributed by atoms with Crippen LogP contribution in [-0.4, -0.2) is 36.9 Å². The molecular formula is C15H22NO2P. The standard InChI is InChI=1S/C15H22NO2P/c1-2-18-19(17)11-14-9-16(10-15(14)12-19)8-13-6-4-3-5-7-13/h3-7,14-15H,2,8-12H2,1H3/t14-,15+,19?. The molecule has 104 valence electrons. The molecule has 1 unspecified atom stereocenters. The van der Waals surface area contributed by atoms with Crippen LogP contribution in [0.3, 0.4) is 0 Å². The lowest BCUT2D eigenvalue weighted by Gasteiger charge is -2.19. The highest BCUT2D eigenvalue weighted by Crippen LogP contribution is 2.59. The second kappa shape index (κ2) is 5.40. The molecule has 0 N–H and O–H groups in total. The normalized spacial score (nSPS) is 34.6. The van der Waals surface area contributed by atoms with Gasteiger partial charge in [0.05, 0.1) is 6.61 Å². The fourth-order valence-corrected chi connectivity index (χ4v) is 6.64. The zero-order valence-electron chi connectivity index (χ0n) is 11.5. The van der Waals surface area contributed by atoms with Gasteiger partial charge in [-0.05, 0) is 24.3 Å². The zero-order chi connectivity index (χ0) is 13.3. The fourth-order valence-electron chi connectivity index (χ4n) is 3.55. The van der Waals surface area contributed by atoms with Crippen LogP contribution >= 0.6 is 7.37 Å². The Morgan fingerprint density at radius 2 is 1.84 bits per heavy atom. The number of hydrogen-bond donors (Lipinski definition) is 0. The first-order chi connectivity index (χ1) is 9.18. The van der Waals surface area contributed by atoms with Gasteiger partial charge in [-0.3, -0.25) is 9.46 Å². The second-order valence-electron chi connectivity index (χ2n) is 5.80. The van der Waals surface area contributed by atoms with Gasteiger partial charge in [0.2, 0.25) is 7.37 Å². The van der Waals surface area contributed by atoms with E-state index in [4.69, 9.17) is 4.52 Å². The first-order valence-corrected chi connectivity index (χ1v) is 9.17. The maximum absolute atomic E-state index is 12.5. The van der Waals surface area contributed by atoms with E-state index in [1.807, 2.05) is 6.92 Å². The van der Waals surface area contributed by atoms with Crippen LogP contribution in [0, 0.1) is 11.8 Å². The van der Waals surface area contributed by atoms with Crippen LogP contribution in [0.15, 0.2) is 30.3 Å². The van der Waals surface area contributed by atoms with Crippen molar-refractivity contribution in [3.63, 3.8) is 0 Å². The van der Waals surface area contributed by atoms with E-state index in [0.717, 1.165) is 32.0 Å². The lowest BCUT2D eigenvalue weighted by atomic mass is 10.0. The Morgan fingerprint density at radius 3 is 2.42 bits per heavy atom. The quantitative estimate of drug-likeness (QED) is 0.793. The molecule has 0 aromatic heterocycles. The van der Waals surface area contributed by atoms with Crippen molar-refractivity contribution >= 4 is 7.37 Å². The molecule has 0 radical (unpaired) electrons. The Morgan fingerprint density at radius 1 is 1.21 bits per heavy atom. The molecule has 3 nitrogen and oxygen atoms in total. The maximum atomic E-state index is 12.5. The van der Waals surface area contributed by atoms with Gasteiger partial charge in [0.1, 0.15) is 0 Å². The molecule has 2 aliphatic rings. The summed E-state index contributed by atoms with van der Waals surface area (Å²) in [4.78, 5) is 2.50. The lowest BCUT2D eigenvalue weighted by Crippen LogP contribution is -2.22. The summed E-state index contributed by atoms with van der Waals surface area (Å²) < 4.78 is 18.0. The SMILES string of the molecule is CCOP1(=O)C[C@H]2CN(Cc3ccccc3)C[C@H]2C1. The molecule has 2 aliphatic heterocycles. The summed E-state index contributed by atoms with van der Waals surface area (Å²) in [6.45, 7) is 5.71. The number of benzene rings is 1. The van der Waals surface area contributed by atoms with Gasteiger partial charge in [-0.15, -0.1) is 0 Å². The molecule has 0 spiro atoms. The summed E-state index contributed by atoms with van der Waals surface area (Å²) in [5, 5.41) is 0. The van der Waals surface area contributed by atoms with Gasteiger partial charge >= 0.3 is 0 Å². The minimum atomic E-state index is -2.28. The second-order valence-corrected chi connectivity index (χ2v) is 8.41. The Balaban J connectivity index is 1.58. The molecule has 0 saturated carbocycles. The third-order valence-electron chi connectivity index (χ3n) is 4.29. The third kappa shape index (κ3) is 2.94. The minimum Gasteiger partial charge on any atom is -0.329 e. The average Bonchev–Trinajstić information content (AvgIpc) is 2.85. The van der Waals surface area contributed by atoms with E-state index < -0.39 is 7.37 Å².